The minimum absolute atomic E-state index is 0.0359. The van der Waals surface area contributed by atoms with E-state index >= 15 is 0 Å². The molecule has 2 N–H and O–H groups in total. The smallest absolute Gasteiger partial charge is 0.223 e. The molecule has 3 rings (SSSR count). The number of pyridine rings is 1. The Morgan fingerprint density at radius 2 is 2.12 bits per heavy atom. The van der Waals surface area contributed by atoms with Crippen molar-refractivity contribution in [3.8, 4) is 17.6 Å². The molecule has 1 aliphatic rings. The molecule has 0 spiro atoms. The minimum atomic E-state index is 0.0359. The highest BCUT2D eigenvalue weighted by atomic mass is 16.3. The molecule has 2 heterocycles. The average molecular weight is 323 g/mol. The van der Waals surface area contributed by atoms with Crippen LogP contribution in [-0.4, -0.2) is 35.6 Å². The van der Waals surface area contributed by atoms with Crippen molar-refractivity contribution < 1.29 is 9.90 Å². The summed E-state index contributed by atoms with van der Waals surface area (Å²) in [5.41, 5.74) is 0.619. The van der Waals surface area contributed by atoms with Crippen LogP contribution < -0.4 is 10.2 Å². The molecule has 124 valence electrons. The van der Waals surface area contributed by atoms with Crippen LogP contribution in [0.5, 0.6) is 5.75 Å². The molecule has 1 fully saturated rings. The van der Waals surface area contributed by atoms with Gasteiger partial charge in [-0.1, -0.05) is 18.1 Å². The van der Waals surface area contributed by atoms with Gasteiger partial charge < -0.3 is 15.3 Å². The highest BCUT2D eigenvalue weighted by Crippen LogP contribution is 2.27. The number of nitrogens with one attached hydrogen (secondary N) is 1. The first kappa shape index (κ1) is 16.1. The zero-order valence-corrected chi connectivity index (χ0v) is 13.7. The fraction of sp³-hybridized carbons (Fsp3) is 0.368. The van der Waals surface area contributed by atoms with E-state index in [9.17, 15) is 9.90 Å². The largest absolute Gasteiger partial charge is 0.506 e. The molecule has 0 aliphatic carbocycles. The van der Waals surface area contributed by atoms with Crippen molar-refractivity contribution >= 4 is 22.6 Å². The second-order valence-corrected chi connectivity index (χ2v) is 5.92. The van der Waals surface area contributed by atoms with Gasteiger partial charge in [0.25, 0.3) is 0 Å². The maximum atomic E-state index is 12.1. The molecule has 1 amide bonds. The molecule has 0 bridgehead atoms. The van der Waals surface area contributed by atoms with Gasteiger partial charge >= 0.3 is 0 Å². The van der Waals surface area contributed by atoms with Crippen LogP contribution >= 0.6 is 0 Å². The predicted molar refractivity (Wildman–Crippen MR) is 94.8 cm³/mol. The third-order valence-corrected chi connectivity index (χ3v) is 4.40. The number of amides is 1. The number of rotatable bonds is 3. The van der Waals surface area contributed by atoms with E-state index < -0.39 is 0 Å². The van der Waals surface area contributed by atoms with E-state index in [1.54, 1.807) is 13.0 Å². The lowest BCUT2D eigenvalue weighted by atomic mass is 9.96. The van der Waals surface area contributed by atoms with Gasteiger partial charge in [0.1, 0.15) is 17.1 Å². The summed E-state index contributed by atoms with van der Waals surface area (Å²) < 4.78 is 0. The number of piperidine rings is 1. The second-order valence-electron chi connectivity index (χ2n) is 5.92. The van der Waals surface area contributed by atoms with Gasteiger partial charge in [-0.25, -0.2) is 4.98 Å². The number of benzene rings is 1. The van der Waals surface area contributed by atoms with E-state index in [1.807, 2.05) is 24.3 Å². The molecule has 1 aromatic heterocycles. The van der Waals surface area contributed by atoms with Crippen LogP contribution in [0, 0.1) is 17.8 Å². The van der Waals surface area contributed by atoms with E-state index in [-0.39, 0.29) is 17.6 Å². The quantitative estimate of drug-likeness (QED) is 0.851. The lowest BCUT2D eigenvalue weighted by molar-refractivity contribution is -0.125. The Bertz CT molecular complexity index is 799. The topological polar surface area (TPSA) is 65.5 Å². The number of carbonyl (C=O) groups excluding carboxylic acids is 1. The Hall–Kier alpha value is -2.74. The molecular formula is C19H21N3O2. The number of nitrogens with zero attached hydrogens (tertiary/aromatic N) is 2. The fourth-order valence-electron chi connectivity index (χ4n) is 3.03. The van der Waals surface area contributed by atoms with Crippen LogP contribution in [-0.2, 0) is 4.79 Å². The SMILES string of the molecule is CC#CCNC(=O)C1CCN(c2ccc3cccc(O)c3n2)CC1. The molecule has 5 nitrogen and oxygen atoms in total. The number of carbonyl (C=O) groups is 1. The van der Waals surface area contributed by atoms with Gasteiger partial charge in [-0.15, -0.1) is 5.92 Å². The Morgan fingerprint density at radius 1 is 1.33 bits per heavy atom. The van der Waals surface area contributed by atoms with E-state index in [0.717, 1.165) is 37.1 Å². The summed E-state index contributed by atoms with van der Waals surface area (Å²) in [7, 11) is 0. The van der Waals surface area contributed by atoms with Crippen molar-refractivity contribution in [2.45, 2.75) is 19.8 Å². The highest BCUT2D eigenvalue weighted by Gasteiger charge is 2.25. The van der Waals surface area contributed by atoms with Crippen LogP contribution in [0.4, 0.5) is 5.82 Å². The zero-order valence-electron chi connectivity index (χ0n) is 13.7. The lowest BCUT2D eigenvalue weighted by Gasteiger charge is -2.32. The number of phenolic OH excluding ortho intramolecular Hbond substituents is 1. The van der Waals surface area contributed by atoms with Gasteiger partial charge in [0.15, 0.2) is 0 Å². The molecule has 1 aromatic carbocycles. The number of fused-ring (bicyclic) bond motifs is 1. The summed E-state index contributed by atoms with van der Waals surface area (Å²) >= 11 is 0. The van der Waals surface area contributed by atoms with Crippen molar-refractivity contribution in [2.75, 3.05) is 24.5 Å². The average Bonchev–Trinajstić information content (AvgIpc) is 2.62. The summed E-state index contributed by atoms with van der Waals surface area (Å²) in [5.74, 6) is 6.78. The van der Waals surface area contributed by atoms with E-state index in [2.05, 4.69) is 27.0 Å². The first-order chi connectivity index (χ1) is 11.7. The van der Waals surface area contributed by atoms with Gasteiger partial charge in [-0.05, 0) is 38.0 Å². The number of aromatic nitrogens is 1. The van der Waals surface area contributed by atoms with Crippen LogP contribution in [0.2, 0.25) is 0 Å². The Labute approximate surface area is 141 Å². The van der Waals surface area contributed by atoms with Crippen molar-refractivity contribution in [3.63, 3.8) is 0 Å². The summed E-state index contributed by atoms with van der Waals surface area (Å²) in [4.78, 5) is 18.8. The van der Waals surface area contributed by atoms with Gasteiger partial charge in [-0.3, -0.25) is 4.79 Å². The summed E-state index contributed by atoms with van der Waals surface area (Å²) in [5, 5.41) is 13.7. The Morgan fingerprint density at radius 3 is 2.88 bits per heavy atom. The van der Waals surface area contributed by atoms with E-state index in [4.69, 9.17) is 0 Å². The van der Waals surface area contributed by atoms with Gasteiger partial charge in [0.2, 0.25) is 5.91 Å². The zero-order chi connectivity index (χ0) is 16.9. The number of hydrogen-bond donors (Lipinski definition) is 2. The Balaban J connectivity index is 1.65. The molecule has 0 saturated carbocycles. The molecule has 24 heavy (non-hydrogen) atoms. The highest BCUT2D eigenvalue weighted by molar-refractivity contribution is 5.85. The van der Waals surface area contributed by atoms with Crippen LogP contribution in [0.15, 0.2) is 30.3 Å². The third-order valence-electron chi connectivity index (χ3n) is 4.40. The van der Waals surface area contributed by atoms with Gasteiger partial charge in [-0.2, -0.15) is 0 Å². The maximum Gasteiger partial charge on any atom is 0.223 e. The molecule has 0 atom stereocenters. The van der Waals surface area contributed by atoms with Crippen LogP contribution in [0.3, 0.4) is 0 Å². The molecule has 2 aromatic rings. The second kappa shape index (κ2) is 7.22. The van der Waals surface area contributed by atoms with Gasteiger partial charge in [0.05, 0.1) is 6.54 Å². The normalized spacial score (nSPS) is 15.0. The number of hydrogen-bond acceptors (Lipinski definition) is 4. The first-order valence-electron chi connectivity index (χ1n) is 8.20. The standard InChI is InChI=1S/C19H21N3O2/c1-2-3-11-20-19(24)15-9-12-22(13-10-15)17-8-7-14-5-4-6-16(23)18(14)21-17/h4-8,15,23H,9-13H2,1H3,(H,20,24). The minimum Gasteiger partial charge on any atom is -0.506 e. The number of para-hydroxylation sites is 1. The number of anilines is 1. The van der Waals surface area contributed by atoms with Gasteiger partial charge in [0, 0.05) is 24.4 Å². The van der Waals surface area contributed by atoms with Crippen LogP contribution in [0.25, 0.3) is 10.9 Å². The van der Waals surface area contributed by atoms with Crippen molar-refractivity contribution in [1.29, 1.82) is 0 Å². The predicted octanol–water partition coefficient (Wildman–Crippen LogP) is 2.30. The lowest BCUT2D eigenvalue weighted by Crippen LogP contribution is -2.41. The maximum absolute atomic E-state index is 12.1. The fourth-order valence-corrected chi connectivity index (χ4v) is 3.03. The van der Waals surface area contributed by atoms with Crippen molar-refractivity contribution in [1.82, 2.24) is 10.3 Å². The molecule has 0 radical (unpaired) electrons. The van der Waals surface area contributed by atoms with Crippen molar-refractivity contribution in [3.05, 3.63) is 30.3 Å². The molecular weight excluding hydrogens is 302 g/mol. The summed E-state index contributed by atoms with van der Waals surface area (Å²) in [6.07, 6.45) is 1.59. The summed E-state index contributed by atoms with van der Waals surface area (Å²) in [6.45, 7) is 3.74. The first-order valence-corrected chi connectivity index (χ1v) is 8.20. The Kier molecular flexibility index (Phi) is 4.85. The van der Waals surface area contributed by atoms with Crippen LogP contribution in [0.1, 0.15) is 19.8 Å². The number of aromatic hydroxyl groups is 1. The molecule has 1 saturated heterocycles. The number of phenols is 1. The third kappa shape index (κ3) is 3.43. The molecule has 0 unspecified atom stereocenters. The van der Waals surface area contributed by atoms with E-state index in [0.29, 0.717) is 12.1 Å². The molecule has 5 heteroatoms. The summed E-state index contributed by atoms with van der Waals surface area (Å²) in [6, 6.07) is 9.33. The monoisotopic (exact) mass is 323 g/mol. The molecule has 1 aliphatic heterocycles. The van der Waals surface area contributed by atoms with Crippen molar-refractivity contribution in [2.24, 2.45) is 5.92 Å². The van der Waals surface area contributed by atoms with E-state index in [1.165, 1.54) is 0 Å².